The average Bonchev–Trinajstić information content (AvgIpc) is 2.72. The number of rotatable bonds is 4. The topological polar surface area (TPSA) is 63.2 Å². The molecule has 0 saturated carbocycles. The summed E-state index contributed by atoms with van der Waals surface area (Å²) in [5, 5.41) is 6.50. The summed E-state index contributed by atoms with van der Waals surface area (Å²) in [7, 11) is 0. The Bertz CT molecular complexity index is 509. The Hall–Kier alpha value is -1.33. The third-order valence-corrected chi connectivity index (χ3v) is 4.02. The monoisotopic (exact) mass is 297 g/mol. The first-order chi connectivity index (χ1) is 9.46. The van der Waals surface area contributed by atoms with Gasteiger partial charge in [-0.2, -0.15) is 0 Å². The van der Waals surface area contributed by atoms with Gasteiger partial charge in [-0.3, -0.25) is 4.79 Å². The molecule has 2 rings (SSSR count). The van der Waals surface area contributed by atoms with E-state index in [0.717, 1.165) is 13.0 Å². The summed E-state index contributed by atoms with van der Waals surface area (Å²) in [4.78, 5) is 16.5. The van der Waals surface area contributed by atoms with Crippen molar-refractivity contribution < 1.29 is 9.53 Å². The molecule has 2 heterocycles. The van der Waals surface area contributed by atoms with Crippen LogP contribution in [0.2, 0.25) is 5.02 Å². The maximum atomic E-state index is 12.3. The number of aromatic nitrogens is 1. The lowest BCUT2D eigenvalue weighted by Crippen LogP contribution is -2.50. The second kappa shape index (κ2) is 5.97. The van der Waals surface area contributed by atoms with E-state index in [1.54, 1.807) is 6.07 Å². The number of amides is 1. The van der Waals surface area contributed by atoms with Crippen molar-refractivity contribution in [2.45, 2.75) is 38.8 Å². The number of carbonyl (C=O) groups is 1. The molecule has 0 radical (unpaired) electrons. The highest BCUT2D eigenvalue weighted by Gasteiger charge is 2.38. The van der Waals surface area contributed by atoms with Gasteiger partial charge in [-0.1, -0.05) is 11.6 Å². The van der Waals surface area contributed by atoms with E-state index in [1.165, 1.54) is 6.20 Å². The Morgan fingerprint density at radius 3 is 2.95 bits per heavy atom. The van der Waals surface area contributed by atoms with Gasteiger partial charge in [0.25, 0.3) is 5.91 Å². The van der Waals surface area contributed by atoms with Crippen molar-refractivity contribution in [2.75, 3.05) is 18.5 Å². The van der Waals surface area contributed by atoms with E-state index in [0.29, 0.717) is 23.0 Å². The second-order valence-corrected chi connectivity index (χ2v) is 5.63. The number of ether oxygens (including phenoxy) is 1. The third kappa shape index (κ3) is 3.04. The number of hydrogen-bond acceptors (Lipinski definition) is 4. The van der Waals surface area contributed by atoms with Gasteiger partial charge in [-0.15, -0.1) is 0 Å². The van der Waals surface area contributed by atoms with E-state index in [4.69, 9.17) is 16.3 Å². The molecule has 2 unspecified atom stereocenters. The van der Waals surface area contributed by atoms with E-state index < -0.39 is 0 Å². The highest BCUT2D eigenvalue weighted by atomic mass is 35.5. The summed E-state index contributed by atoms with van der Waals surface area (Å²) in [6.07, 6.45) is 2.33. The molecule has 1 amide bonds. The van der Waals surface area contributed by atoms with Crippen LogP contribution in [0.1, 0.15) is 37.6 Å². The van der Waals surface area contributed by atoms with Crippen LogP contribution in [0.3, 0.4) is 0 Å². The molecule has 2 atom stereocenters. The van der Waals surface area contributed by atoms with Gasteiger partial charge in [-0.05, 0) is 33.3 Å². The van der Waals surface area contributed by atoms with Crippen LogP contribution in [-0.4, -0.2) is 35.7 Å². The normalized spacial score (nSPS) is 25.5. The minimum absolute atomic E-state index is 0.00378. The van der Waals surface area contributed by atoms with Crippen LogP contribution in [0.25, 0.3) is 0 Å². The van der Waals surface area contributed by atoms with Crippen molar-refractivity contribution >= 4 is 23.3 Å². The smallest absolute Gasteiger partial charge is 0.253 e. The lowest BCUT2D eigenvalue weighted by Gasteiger charge is -2.28. The van der Waals surface area contributed by atoms with Crippen molar-refractivity contribution in [1.29, 1.82) is 0 Å². The van der Waals surface area contributed by atoms with Crippen LogP contribution in [0.5, 0.6) is 0 Å². The number of pyridine rings is 1. The first kappa shape index (κ1) is 15.1. The van der Waals surface area contributed by atoms with Gasteiger partial charge in [0.2, 0.25) is 0 Å². The van der Waals surface area contributed by atoms with Gasteiger partial charge >= 0.3 is 0 Å². The molecule has 0 bridgehead atoms. The molecule has 1 aromatic heterocycles. The number of halogens is 1. The molecular weight excluding hydrogens is 278 g/mol. The number of nitrogens with zero attached hydrogens (tertiary/aromatic N) is 1. The van der Waals surface area contributed by atoms with Crippen LogP contribution >= 0.6 is 11.6 Å². The van der Waals surface area contributed by atoms with Crippen LogP contribution in [0, 0.1) is 0 Å². The maximum Gasteiger partial charge on any atom is 0.253 e. The molecule has 5 nitrogen and oxygen atoms in total. The summed E-state index contributed by atoms with van der Waals surface area (Å²) in [5.74, 6) is 0.414. The molecule has 2 N–H and O–H groups in total. The number of carbonyl (C=O) groups excluding carboxylic acids is 1. The molecule has 1 aromatic rings. The Morgan fingerprint density at radius 1 is 1.65 bits per heavy atom. The van der Waals surface area contributed by atoms with E-state index in [-0.39, 0.29) is 17.6 Å². The molecule has 20 heavy (non-hydrogen) atoms. The highest BCUT2D eigenvalue weighted by molar-refractivity contribution is 6.33. The van der Waals surface area contributed by atoms with Gasteiger partial charge in [0.15, 0.2) is 0 Å². The van der Waals surface area contributed by atoms with Crippen molar-refractivity contribution in [2.24, 2.45) is 0 Å². The minimum atomic E-state index is -0.343. The summed E-state index contributed by atoms with van der Waals surface area (Å²) in [5.41, 5.74) is 0.112. The molecule has 0 aromatic carbocycles. The predicted octanol–water partition coefficient (Wildman–Crippen LogP) is 2.46. The summed E-state index contributed by atoms with van der Waals surface area (Å²) in [6, 6.07) is 1.63. The summed E-state index contributed by atoms with van der Waals surface area (Å²) >= 11 is 6.10. The first-order valence-corrected chi connectivity index (χ1v) is 7.17. The zero-order chi connectivity index (χ0) is 14.8. The largest absolute Gasteiger partial charge is 0.376 e. The lowest BCUT2D eigenvalue weighted by atomic mass is 9.94. The maximum absolute atomic E-state index is 12.3. The van der Waals surface area contributed by atoms with Gasteiger partial charge in [0.05, 0.1) is 22.2 Å². The molecule has 0 spiro atoms. The fourth-order valence-electron chi connectivity index (χ4n) is 2.19. The minimum Gasteiger partial charge on any atom is -0.376 e. The third-order valence-electron chi connectivity index (χ3n) is 3.73. The van der Waals surface area contributed by atoms with Gasteiger partial charge in [0.1, 0.15) is 5.82 Å². The predicted molar refractivity (Wildman–Crippen MR) is 79.3 cm³/mol. The van der Waals surface area contributed by atoms with Crippen LogP contribution in [-0.2, 0) is 4.74 Å². The highest BCUT2D eigenvalue weighted by Crippen LogP contribution is 2.26. The number of nitrogens with one attached hydrogen (secondary N) is 2. The van der Waals surface area contributed by atoms with Crippen molar-refractivity contribution in [3.05, 3.63) is 22.8 Å². The van der Waals surface area contributed by atoms with Crippen LogP contribution in [0.15, 0.2) is 12.3 Å². The summed E-state index contributed by atoms with van der Waals surface area (Å²) in [6.45, 7) is 7.31. The van der Waals surface area contributed by atoms with E-state index in [9.17, 15) is 4.79 Å². The quantitative estimate of drug-likeness (QED) is 0.896. The van der Waals surface area contributed by atoms with Crippen molar-refractivity contribution in [3.8, 4) is 0 Å². The van der Waals surface area contributed by atoms with Crippen LogP contribution < -0.4 is 10.6 Å². The molecule has 6 heteroatoms. The number of anilines is 1. The van der Waals surface area contributed by atoms with Crippen LogP contribution in [0.4, 0.5) is 5.82 Å². The molecule has 110 valence electrons. The lowest BCUT2D eigenvalue weighted by molar-refractivity contribution is 0.0727. The number of hydrogen-bond donors (Lipinski definition) is 2. The Kier molecular flexibility index (Phi) is 4.50. The first-order valence-electron chi connectivity index (χ1n) is 6.80. The zero-order valence-electron chi connectivity index (χ0n) is 12.0. The Balaban J connectivity index is 2.11. The molecule has 0 aliphatic carbocycles. The molecular formula is C14H20ClN3O2. The SMILES string of the molecule is CCNc1ncc(C(=O)NC2(C)CCOC2C)cc1Cl. The van der Waals surface area contributed by atoms with Gasteiger partial charge < -0.3 is 15.4 Å². The average molecular weight is 298 g/mol. The standard InChI is InChI=1S/C14H20ClN3O2/c1-4-16-12-11(15)7-10(8-17-12)13(19)18-14(3)5-6-20-9(14)2/h7-9H,4-6H2,1-3H3,(H,16,17)(H,18,19). The molecule has 1 aliphatic heterocycles. The van der Waals surface area contributed by atoms with E-state index in [1.807, 2.05) is 20.8 Å². The van der Waals surface area contributed by atoms with E-state index in [2.05, 4.69) is 15.6 Å². The van der Waals surface area contributed by atoms with Gasteiger partial charge in [-0.25, -0.2) is 4.98 Å². The Morgan fingerprint density at radius 2 is 2.40 bits per heavy atom. The summed E-state index contributed by atoms with van der Waals surface area (Å²) < 4.78 is 5.51. The molecule has 1 fully saturated rings. The zero-order valence-corrected chi connectivity index (χ0v) is 12.8. The molecule has 1 aliphatic rings. The fraction of sp³-hybridized carbons (Fsp3) is 0.571. The van der Waals surface area contributed by atoms with Gasteiger partial charge in [0, 0.05) is 19.3 Å². The van der Waals surface area contributed by atoms with Crippen molar-refractivity contribution in [1.82, 2.24) is 10.3 Å². The fourth-order valence-corrected chi connectivity index (χ4v) is 2.42. The van der Waals surface area contributed by atoms with Crippen molar-refractivity contribution in [3.63, 3.8) is 0 Å². The van der Waals surface area contributed by atoms with E-state index >= 15 is 0 Å². The second-order valence-electron chi connectivity index (χ2n) is 5.22. The molecule has 1 saturated heterocycles. The Labute approximate surface area is 124 Å².